The summed E-state index contributed by atoms with van der Waals surface area (Å²) in [6, 6.07) is 19.0. The highest BCUT2D eigenvalue weighted by atomic mass is 16.6. The maximum atomic E-state index is 12.1. The van der Waals surface area contributed by atoms with E-state index in [2.05, 4.69) is 0 Å². The van der Waals surface area contributed by atoms with E-state index >= 15 is 0 Å². The number of carbonyl (C=O) groups excluding carboxylic acids is 2. The molecule has 0 amide bonds. The molecular formula is C22H26O4. The minimum atomic E-state index is -1.14. The molecule has 26 heavy (non-hydrogen) atoms. The van der Waals surface area contributed by atoms with E-state index < -0.39 is 23.1 Å². The van der Waals surface area contributed by atoms with Gasteiger partial charge in [-0.25, -0.2) is 0 Å². The molecule has 138 valence electrons. The van der Waals surface area contributed by atoms with E-state index in [0.29, 0.717) is 12.8 Å². The molecule has 2 atom stereocenters. The molecule has 0 N–H and O–H groups in total. The summed E-state index contributed by atoms with van der Waals surface area (Å²) in [6.45, 7) is 6.64. The molecule has 4 heteroatoms. The van der Waals surface area contributed by atoms with Gasteiger partial charge in [-0.15, -0.1) is 0 Å². The van der Waals surface area contributed by atoms with Gasteiger partial charge in [0.1, 0.15) is 0 Å². The standard InChI is InChI=1S/C22H26O4/c1-5-21(25-17(3)23,19-13-9-7-10-14-19)22(6-2,26-18(4)24)20-15-11-8-12-16-20/h7-16H,5-6H2,1-4H3. The minimum Gasteiger partial charge on any atom is -0.450 e. The Hall–Kier alpha value is -2.62. The number of rotatable bonds is 7. The molecule has 2 aromatic rings. The van der Waals surface area contributed by atoms with Crippen LogP contribution in [0.2, 0.25) is 0 Å². The van der Waals surface area contributed by atoms with Crippen LogP contribution in [0.4, 0.5) is 0 Å². The SMILES string of the molecule is CCC(OC(C)=O)(c1ccccc1)C(CC)(OC(C)=O)c1ccccc1. The Morgan fingerprint density at radius 2 is 1.00 bits per heavy atom. The van der Waals surface area contributed by atoms with Crippen LogP contribution in [0.1, 0.15) is 51.7 Å². The number of benzene rings is 2. The Morgan fingerprint density at radius 1 is 0.692 bits per heavy atom. The van der Waals surface area contributed by atoms with Crippen molar-refractivity contribution < 1.29 is 19.1 Å². The number of carbonyl (C=O) groups is 2. The zero-order valence-corrected chi connectivity index (χ0v) is 15.8. The number of hydrogen-bond acceptors (Lipinski definition) is 4. The van der Waals surface area contributed by atoms with Gasteiger partial charge in [0.15, 0.2) is 11.2 Å². The summed E-state index contributed by atoms with van der Waals surface area (Å²) in [6.07, 6.45) is 0.902. The molecule has 0 fully saturated rings. The van der Waals surface area contributed by atoms with Crippen LogP contribution in [-0.4, -0.2) is 11.9 Å². The third-order valence-corrected chi connectivity index (χ3v) is 4.76. The topological polar surface area (TPSA) is 52.6 Å². The largest absolute Gasteiger partial charge is 0.450 e. The quantitative estimate of drug-likeness (QED) is 0.675. The molecule has 0 saturated heterocycles. The minimum absolute atomic E-state index is 0.420. The maximum absolute atomic E-state index is 12.1. The molecule has 0 aliphatic carbocycles. The fourth-order valence-corrected chi connectivity index (χ4v) is 3.78. The van der Waals surface area contributed by atoms with Crippen LogP contribution in [-0.2, 0) is 30.3 Å². The van der Waals surface area contributed by atoms with Crippen molar-refractivity contribution in [2.24, 2.45) is 0 Å². The zero-order chi connectivity index (χ0) is 19.2. The van der Waals surface area contributed by atoms with Crippen LogP contribution in [0.5, 0.6) is 0 Å². The lowest BCUT2D eigenvalue weighted by Gasteiger charge is -2.48. The number of esters is 2. The molecular weight excluding hydrogens is 328 g/mol. The second-order valence-corrected chi connectivity index (χ2v) is 6.28. The molecule has 0 saturated carbocycles. The van der Waals surface area contributed by atoms with Gasteiger partial charge in [-0.2, -0.15) is 0 Å². The third kappa shape index (κ3) is 3.50. The van der Waals surface area contributed by atoms with Crippen molar-refractivity contribution in [3.63, 3.8) is 0 Å². The molecule has 0 spiro atoms. The molecule has 0 aliphatic rings. The molecule has 2 unspecified atom stereocenters. The van der Waals surface area contributed by atoms with Crippen LogP contribution < -0.4 is 0 Å². The fraction of sp³-hybridized carbons (Fsp3) is 0.364. The molecule has 0 bridgehead atoms. The van der Waals surface area contributed by atoms with E-state index in [9.17, 15) is 9.59 Å². The molecule has 0 aliphatic heterocycles. The Morgan fingerprint density at radius 3 is 1.23 bits per heavy atom. The summed E-state index contributed by atoms with van der Waals surface area (Å²) in [5, 5.41) is 0. The second-order valence-electron chi connectivity index (χ2n) is 6.28. The average Bonchev–Trinajstić information content (AvgIpc) is 2.65. The Kier molecular flexibility index (Phi) is 6.19. The summed E-state index contributed by atoms with van der Waals surface area (Å²) in [7, 11) is 0. The van der Waals surface area contributed by atoms with Gasteiger partial charge >= 0.3 is 11.9 Å². The fourth-order valence-electron chi connectivity index (χ4n) is 3.78. The van der Waals surface area contributed by atoms with E-state index in [-0.39, 0.29) is 0 Å². The van der Waals surface area contributed by atoms with Gasteiger partial charge in [0.25, 0.3) is 0 Å². The molecule has 0 heterocycles. The Balaban J connectivity index is 2.84. The van der Waals surface area contributed by atoms with E-state index in [1.165, 1.54) is 13.8 Å². The summed E-state index contributed by atoms with van der Waals surface area (Å²) in [4.78, 5) is 24.2. The highest BCUT2D eigenvalue weighted by molar-refractivity contribution is 5.69. The molecule has 4 nitrogen and oxygen atoms in total. The summed E-state index contributed by atoms with van der Waals surface area (Å²) in [5.41, 5.74) is -0.682. The zero-order valence-electron chi connectivity index (χ0n) is 15.8. The normalized spacial score (nSPS) is 15.4. The van der Waals surface area contributed by atoms with Gasteiger partial charge in [0.2, 0.25) is 0 Å². The lowest BCUT2D eigenvalue weighted by atomic mass is 9.69. The van der Waals surface area contributed by atoms with Crippen molar-refractivity contribution in [3.05, 3.63) is 71.8 Å². The first-order valence-corrected chi connectivity index (χ1v) is 8.92. The van der Waals surface area contributed by atoms with Crippen LogP contribution >= 0.6 is 0 Å². The van der Waals surface area contributed by atoms with Gasteiger partial charge < -0.3 is 9.47 Å². The number of hydrogen-bond donors (Lipinski definition) is 0. The maximum Gasteiger partial charge on any atom is 0.303 e. The highest BCUT2D eigenvalue weighted by Gasteiger charge is 2.57. The van der Waals surface area contributed by atoms with Crippen LogP contribution in [0.25, 0.3) is 0 Å². The van der Waals surface area contributed by atoms with E-state index in [4.69, 9.17) is 9.47 Å². The van der Waals surface area contributed by atoms with Crippen molar-refractivity contribution in [1.82, 2.24) is 0 Å². The smallest absolute Gasteiger partial charge is 0.303 e. The van der Waals surface area contributed by atoms with Crippen LogP contribution in [0.15, 0.2) is 60.7 Å². The Bertz CT molecular complexity index is 676. The third-order valence-electron chi connectivity index (χ3n) is 4.76. The molecule has 0 radical (unpaired) electrons. The average molecular weight is 354 g/mol. The van der Waals surface area contributed by atoms with Crippen molar-refractivity contribution in [3.8, 4) is 0 Å². The monoisotopic (exact) mass is 354 g/mol. The lowest BCUT2D eigenvalue weighted by Crippen LogP contribution is -2.54. The van der Waals surface area contributed by atoms with Crippen molar-refractivity contribution in [2.75, 3.05) is 0 Å². The van der Waals surface area contributed by atoms with Gasteiger partial charge in [-0.1, -0.05) is 74.5 Å². The van der Waals surface area contributed by atoms with Crippen LogP contribution in [0, 0.1) is 0 Å². The molecule has 2 rings (SSSR count). The van der Waals surface area contributed by atoms with Gasteiger partial charge in [0.05, 0.1) is 0 Å². The second kappa shape index (κ2) is 8.17. The van der Waals surface area contributed by atoms with Crippen LogP contribution in [0.3, 0.4) is 0 Å². The lowest BCUT2D eigenvalue weighted by molar-refractivity contribution is -0.223. The van der Waals surface area contributed by atoms with Crippen molar-refractivity contribution in [1.29, 1.82) is 0 Å². The molecule has 0 aromatic heterocycles. The molecule has 2 aromatic carbocycles. The summed E-state index contributed by atoms with van der Waals surface area (Å²) in [5.74, 6) is -0.840. The van der Waals surface area contributed by atoms with Crippen molar-refractivity contribution >= 4 is 11.9 Å². The van der Waals surface area contributed by atoms with Gasteiger partial charge in [-0.3, -0.25) is 9.59 Å². The predicted octanol–water partition coefficient (Wildman–Crippen LogP) is 4.72. The first-order chi connectivity index (χ1) is 12.4. The predicted molar refractivity (Wildman–Crippen MR) is 100 cm³/mol. The van der Waals surface area contributed by atoms with Crippen molar-refractivity contribution in [2.45, 2.75) is 51.7 Å². The van der Waals surface area contributed by atoms with E-state index in [0.717, 1.165) is 11.1 Å². The first kappa shape index (κ1) is 19.7. The summed E-state index contributed by atoms with van der Waals surface area (Å²) < 4.78 is 11.9. The number of ether oxygens (including phenoxy) is 2. The van der Waals surface area contributed by atoms with Gasteiger partial charge in [0, 0.05) is 13.8 Å². The Labute approximate surface area is 155 Å². The van der Waals surface area contributed by atoms with E-state index in [1.54, 1.807) is 0 Å². The first-order valence-electron chi connectivity index (χ1n) is 8.92. The van der Waals surface area contributed by atoms with E-state index in [1.807, 2.05) is 74.5 Å². The summed E-state index contributed by atoms with van der Waals surface area (Å²) >= 11 is 0. The highest BCUT2D eigenvalue weighted by Crippen LogP contribution is 2.51. The van der Waals surface area contributed by atoms with Gasteiger partial charge in [-0.05, 0) is 24.0 Å².